The van der Waals surface area contributed by atoms with Crippen LogP contribution in [0.3, 0.4) is 0 Å². The number of aromatic hydroxyl groups is 1. The summed E-state index contributed by atoms with van der Waals surface area (Å²) in [4.78, 5) is 0. The van der Waals surface area contributed by atoms with Crippen molar-refractivity contribution in [1.82, 2.24) is 0 Å². The molecule has 0 aliphatic carbocycles. The van der Waals surface area contributed by atoms with Crippen LogP contribution in [-0.4, -0.2) is 16.0 Å². The number of hydrogen-bond donors (Lipinski definition) is 2. The first kappa shape index (κ1) is 9.58. The van der Waals surface area contributed by atoms with Crippen molar-refractivity contribution >= 4 is 5.71 Å². The van der Waals surface area contributed by atoms with Gasteiger partial charge in [0.05, 0.1) is 5.71 Å². The average Bonchev–Trinajstić information content (AvgIpc) is 2.02. The number of oxime groups is 1. The van der Waals surface area contributed by atoms with Crippen LogP contribution >= 0.6 is 0 Å². The zero-order valence-corrected chi connectivity index (χ0v) is 8.00. The van der Waals surface area contributed by atoms with E-state index in [1.165, 1.54) is 0 Å². The van der Waals surface area contributed by atoms with E-state index in [2.05, 4.69) is 5.16 Å². The molecule has 0 spiro atoms. The Morgan fingerprint density at radius 3 is 2.38 bits per heavy atom. The van der Waals surface area contributed by atoms with E-state index < -0.39 is 0 Å². The Hall–Kier alpha value is -1.51. The van der Waals surface area contributed by atoms with Gasteiger partial charge in [-0.15, -0.1) is 0 Å². The maximum atomic E-state index is 9.58. The Labute approximate surface area is 77.3 Å². The summed E-state index contributed by atoms with van der Waals surface area (Å²) in [6.45, 7) is 5.43. The molecule has 70 valence electrons. The molecular weight excluding hydrogens is 166 g/mol. The predicted molar refractivity (Wildman–Crippen MR) is 51.6 cm³/mol. The van der Waals surface area contributed by atoms with Crippen molar-refractivity contribution in [1.29, 1.82) is 0 Å². The lowest BCUT2D eigenvalue weighted by Crippen LogP contribution is -1.99. The molecule has 0 bridgehead atoms. The molecule has 0 aromatic heterocycles. The van der Waals surface area contributed by atoms with Gasteiger partial charge in [-0.05, 0) is 38.0 Å². The largest absolute Gasteiger partial charge is 0.507 e. The molecule has 0 aliphatic heterocycles. The normalized spacial score (nSPS) is 11.8. The minimum absolute atomic E-state index is 0.160. The van der Waals surface area contributed by atoms with Gasteiger partial charge in [0.1, 0.15) is 5.75 Å². The Morgan fingerprint density at radius 1 is 1.31 bits per heavy atom. The lowest BCUT2D eigenvalue weighted by atomic mass is 10.0. The van der Waals surface area contributed by atoms with Crippen molar-refractivity contribution in [2.75, 3.05) is 0 Å². The minimum Gasteiger partial charge on any atom is -0.507 e. The minimum atomic E-state index is 0.160. The smallest absolute Gasteiger partial charge is 0.125 e. The highest BCUT2D eigenvalue weighted by Gasteiger charge is 2.08. The summed E-state index contributed by atoms with van der Waals surface area (Å²) in [5, 5.41) is 21.2. The van der Waals surface area contributed by atoms with Crippen LogP contribution in [0.4, 0.5) is 0 Å². The van der Waals surface area contributed by atoms with Gasteiger partial charge < -0.3 is 10.3 Å². The van der Waals surface area contributed by atoms with Gasteiger partial charge in [0.25, 0.3) is 0 Å². The van der Waals surface area contributed by atoms with Crippen molar-refractivity contribution in [2.24, 2.45) is 5.16 Å². The van der Waals surface area contributed by atoms with Gasteiger partial charge in [-0.1, -0.05) is 11.2 Å². The Kier molecular flexibility index (Phi) is 2.56. The molecule has 3 nitrogen and oxygen atoms in total. The SMILES string of the molecule is C/C(=N/O)c1c(C)cc(C)cc1O. The van der Waals surface area contributed by atoms with Crippen molar-refractivity contribution in [3.05, 3.63) is 28.8 Å². The summed E-state index contributed by atoms with van der Waals surface area (Å²) in [6, 6.07) is 3.58. The molecule has 1 aromatic carbocycles. The third kappa shape index (κ3) is 1.80. The standard InChI is InChI=1S/C10H13NO2/c1-6-4-7(2)10(8(3)11-13)9(12)5-6/h4-5,12-13H,1-3H3/b11-8-. The maximum absolute atomic E-state index is 9.58. The van der Waals surface area contributed by atoms with Crippen LogP contribution in [0, 0.1) is 13.8 Å². The Bertz CT molecular complexity index is 333. The molecule has 1 rings (SSSR count). The van der Waals surface area contributed by atoms with Gasteiger partial charge in [0.15, 0.2) is 0 Å². The third-order valence-corrected chi connectivity index (χ3v) is 1.97. The first-order chi connectivity index (χ1) is 6.06. The monoisotopic (exact) mass is 179 g/mol. The highest BCUT2D eigenvalue weighted by Crippen LogP contribution is 2.23. The van der Waals surface area contributed by atoms with Crippen LogP contribution in [0.2, 0.25) is 0 Å². The van der Waals surface area contributed by atoms with E-state index in [0.717, 1.165) is 11.1 Å². The third-order valence-electron chi connectivity index (χ3n) is 1.97. The Morgan fingerprint density at radius 2 is 1.92 bits per heavy atom. The summed E-state index contributed by atoms with van der Waals surface area (Å²) < 4.78 is 0. The van der Waals surface area contributed by atoms with Crippen molar-refractivity contribution in [3.63, 3.8) is 0 Å². The van der Waals surface area contributed by atoms with Crippen LogP contribution < -0.4 is 0 Å². The fourth-order valence-corrected chi connectivity index (χ4v) is 1.47. The number of aryl methyl sites for hydroxylation is 2. The topological polar surface area (TPSA) is 52.8 Å². The van der Waals surface area contributed by atoms with Gasteiger partial charge >= 0.3 is 0 Å². The number of nitrogens with zero attached hydrogens (tertiary/aromatic N) is 1. The molecule has 1 aromatic rings. The lowest BCUT2D eigenvalue weighted by Gasteiger charge is -2.07. The second-order valence-corrected chi connectivity index (χ2v) is 3.16. The molecule has 0 saturated carbocycles. The quantitative estimate of drug-likeness (QED) is 0.394. The predicted octanol–water partition coefficient (Wildman–Crippen LogP) is 2.21. The van der Waals surface area contributed by atoms with E-state index in [1.54, 1.807) is 13.0 Å². The molecule has 3 heteroatoms. The molecule has 0 amide bonds. The van der Waals surface area contributed by atoms with Gasteiger partial charge in [-0.2, -0.15) is 0 Å². The molecule has 0 radical (unpaired) electrons. The summed E-state index contributed by atoms with van der Waals surface area (Å²) in [5.41, 5.74) is 2.93. The molecule has 13 heavy (non-hydrogen) atoms. The maximum Gasteiger partial charge on any atom is 0.125 e. The van der Waals surface area contributed by atoms with Gasteiger partial charge in [-0.25, -0.2) is 0 Å². The molecule has 0 unspecified atom stereocenters. The van der Waals surface area contributed by atoms with Crippen LogP contribution in [0.1, 0.15) is 23.6 Å². The summed E-state index contributed by atoms with van der Waals surface area (Å²) in [7, 11) is 0. The highest BCUT2D eigenvalue weighted by molar-refractivity contribution is 6.02. The number of rotatable bonds is 1. The van der Waals surface area contributed by atoms with Crippen molar-refractivity contribution in [2.45, 2.75) is 20.8 Å². The number of benzene rings is 1. The molecule has 0 aliphatic rings. The van der Waals surface area contributed by atoms with Gasteiger partial charge in [0, 0.05) is 5.56 Å². The molecule has 0 atom stereocenters. The zero-order valence-electron chi connectivity index (χ0n) is 8.00. The fraction of sp³-hybridized carbons (Fsp3) is 0.300. The first-order valence-electron chi connectivity index (χ1n) is 4.05. The van der Waals surface area contributed by atoms with Gasteiger partial charge in [0.2, 0.25) is 0 Å². The second-order valence-electron chi connectivity index (χ2n) is 3.16. The zero-order chi connectivity index (χ0) is 10.0. The molecule has 0 saturated heterocycles. The van der Waals surface area contributed by atoms with E-state index in [0.29, 0.717) is 11.3 Å². The average molecular weight is 179 g/mol. The lowest BCUT2D eigenvalue weighted by molar-refractivity contribution is 0.318. The summed E-state index contributed by atoms with van der Waals surface area (Å²) >= 11 is 0. The molecule has 0 heterocycles. The number of phenols is 1. The first-order valence-corrected chi connectivity index (χ1v) is 4.05. The highest BCUT2D eigenvalue weighted by atomic mass is 16.4. The van der Waals surface area contributed by atoms with Crippen LogP contribution in [0.5, 0.6) is 5.75 Å². The molecular formula is C10H13NO2. The number of phenolic OH excluding ortho intramolecular Hbond substituents is 1. The van der Waals surface area contributed by atoms with E-state index >= 15 is 0 Å². The van der Waals surface area contributed by atoms with E-state index in [1.807, 2.05) is 19.9 Å². The Balaban J connectivity index is 3.37. The van der Waals surface area contributed by atoms with E-state index in [9.17, 15) is 5.11 Å². The van der Waals surface area contributed by atoms with Crippen LogP contribution in [-0.2, 0) is 0 Å². The van der Waals surface area contributed by atoms with Crippen LogP contribution in [0.25, 0.3) is 0 Å². The van der Waals surface area contributed by atoms with Crippen molar-refractivity contribution in [3.8, 4) is 5.75 Å². The fourth-order valence-electron chi connectivity index (χ4n) is 1.47. The van der Waals surface area contributed by atoms with Crippen LogP contribution in [0.15, 0.2) is 17.3 Å². The second kappa shape index (κ2) is 3.47. The summed E-state index contributed by atoms with van der Waals surface area (Å²) in [6.07, 6.45) is 0. The van der Waals surface area contributed by atoms with Crippen molar-refractivity contribution < 1.29 is 10.3 Å². The van der Waals surface area contributed by atoms with E-state index in [-0.39, 0.29) is 5.75 Å². The van der Waals surface area contributed by atoms with E-state index in [4.69, 9.17) is 5.21 Å². The van der Waals surface area contributed by atoms with Gasteiger partial charge in [-0.3, -0.25) is 0 Å². The molecule has 0 fully saturated rings. The number of hydrogen-bond acceptors (Lipinski definition) is 3. The molecule has 2 N–H and O–H groups in total. The summed E-state index contributed by atoms with van der Waals surface area (Å²) in [5.74, 6) is 0.160.